The Hall–Kier alpha value is -1.09. The maximum absolute atomic E-state index is 10.3. The normalized spacial score (nSPS) is 13.2. The van der Waals surface area contributed by atoms with Gasteiger partial charge in [-0.3, -0.25) is 4.79 Å². The minimum Gasteiger partial charge on any atom is -0.481 e. The molecule has 21 heavy (non-hydrogen) atoms. The second-order valence-electron chi connectivity index (χ2n) is 5.51. The fourth-order valence-corrected chi connectivity index (χ4v) is 2.16. The molecule has 0 aromatic carbocycles. The van der Waals surface area contributed by atoms with Crippen LogP contribution >= 0.6 is 0 Å². The van der Waals surface area contributed by atoms with Gasteiger partial charge in [0.1, 0.15) is 0 Å². The number of carboxylic acids is 1. The average Bonchev–Trinajstić information content (AvgIpc) is 2.45. The molecule has 0 aromatic heterocycles. The molecule has 0 aliphatic rings. The highest BCUT2D eigenvalue weighted by Gasteiger charge is 1.99. The van der Waals surface area contributed by atoms with Gasteiger partial charge in [-0.15, -0.1) is 0 Å². The van der Waals surface area contributed by atoms with Gasteiger partial charge in [0.05, 0.1) is 6.10 Å². The first-order valence-electron chi connectivity index (χ1n) is 8.38. The van der Waals surface area contributed by atoms with Gasteiger partial charge in [-0.05, 0) is 32.1 Å². The molecule has 0 aliphatic heterocycles. The Morgan fingerprint density at radius 2 is 1.57 bits per heavy atom. The van der Waals surface area contributed by atoms with Crippen LogP contribution < -0.4 is 0 Å². The molecular weight excluding hydrogens is 264 g/mol. The number of hydrogen-bond acceptors (Lipinski definition) is 2. The minimum absolute atomic E-state index is 0.289. The number of allylic oxidation sites excluding steroid dienone is 3. The van der Waals surface area contributed by atoms with E-state index in [0.717, 1.165) is 64.2 Å². The van der Waals surface area contributed by atoms with Crippen LogP contribution in [0, 0.1) is 0 Å². The van der Waals surface area contributed by atoms with E-state index in [0.29, 0.717) is 0 Å². The summed E-state index contributed by atoms with van der Waals surface area (Å²) < 4.78 is 0. The maximum atomic E-state index is 10.3. The zero-order chi connectivity index (χ0) is 15.8. The van der Waals surface area contributed by atoms with E-state index < -0.39 is 5.97 Å². The molecule has 3 nitrogen and oxygen atoms in total. The third-order valence-corrected chi connectivity index (χ3v) is 3.40. The van der Waals surface area contributed by atoms with Gasteiger partial charge in [0, 0.05) is 6.42 Å². The molecule has 0 bridgehead atoms. The number of carbonyl (C=O) groups is 1. The fraction of sp³-hybridized carbons (Fsp3) is 0.722. The molecule has 0 aromatic rings. The Kier molecular flexibility index (Phi) is 14.5. The largest absolute Gasteiger partial charge is 0.481 e. The van der Waals surface area contributed by atoms with Crippen molar-refractivity contribution < 1.29 is 15.0 Å². The summed E-state index contributed by atoms with van der Waals surface area (Å²) in [4.78, 5) is 10.3. The number of aliphatic carboxylic acids is 1. The van der Waals surface area contributed by atoms with E-state index in [4.69, 9.17) is 5.11 Å². The molecule has 1 atom stereocenters. The molecule has 0 amide bonds. The predicted molar refractivity (Wildman–Crippen MR) is 88.4 cm³/mol. The molecule has 3 heteroatoms. The number of hydrogen-bond donors (Lipinski definition) is 2. The van der Waals surface area contributed by atoms with Gasteiger partial charge in [-0.25, -0.2) is 0 Å². The van der Waals surface area contributed by atoms with Crippen LogP contribution in [0.25, 0.3) is 0 Å². The second-order valence-corrected chi connectivity index (χ2v) is 5.51. The van der Waals surface area contributed by atoms with Crippen LogP contribution in [-0.2, 0) is 4.79 Å². The van der Waals surface area contributed by atoms with Gasteiger partial charge < -0.3 is 10.2 Å². The van der Waals surface area contributed by atoms with Crippen LogP contribution in [0.2, 0.25) is 0 Å². The minimum atomic E-state index is -0.699. The van der Waals surface area contributed by atoms with Gasteiger partial charge in [0.25, 0.3) is 0 Å². The highest BCUT2D eigenvalue weighted by atomic mass is 16.4. The van der Waals surface area contributed by atoms with Crippen molar-refractivity contribution in [2.75, 3.05) is 0 Å². The number of aliphatic hydroxyl groups is 1. The monoisotopic (exact) mass is 296 g/mol. The van der Waals surface area contributed by atoms with Crippen LogP contribution in [-0.4, -0.2) is 22.3 Å². The van der Waals surface area contributed by atoms with Crippen molar-refractivity contribution in [3.05, 3.63) is 24.3 Å². The Balaban J connectivity index is 3.33. The molecule has 0 spiro atoms. The van der Waals surface area contributed by atoms with Gasteiger partial charge >= 0.3 is 5.97 Å². The molecule has 0 heterocycles. The number of unbranched alkanes of at least 4 members (excludes halogenated alkanes) is 6. The van der Waals surface area contributed by atoms with E-state index >= 15 is 0 Å². The number of rotatable bonds is 14. The molecule has 0 aliphatic carbocycles. The van der Waals surface area contributed by atoms with Crippen molar-refractivity contribution in [3.8, 4) is 0 Å². The Morgan fingerprint density at radius 3 is 2.24 bits per heavy atom. The van der Waals surface area contributed by atoms with Crippen molar-refractivity contribution in [1.29, 1.82) is 0 Å². The highest BCUT2D eigenvalue weighted by Crippen LogP contribution is 2.10. The molecule has 0 saturated heterocycles. The number of aliphatic hydroxyl groups excluding tert-OH is 1. The molecule has 0 fully saturated rings. The standard InChI is InChI=1S/C18H32O3/c1-2-3-4-5-8-11-14-17(19)15-12-9-6-7-10-13-16-18(20)21/h3-4,11,14,17,19H,2,5-10,12-13,15-16H2,1H3,(H,20,21)/b4-3-,14-11+/t17-/m0/s1. The highest BCUT2D eigenvalue weighted by molar-refractivity contribution is 5.66. The third kappa shape index (κ3) is 16.9. The summed E-state index contributed by atoms with van der Waals surface area (Å²) in [7, 11) is 0. The van der Waals surface area contributed by atoms with Crippen molar-refractivity contribution in [2.45, 2.75) is 83.7 Å². The fourth-order valence-electron chi connectivity index (χ4n) is 2.16. The van der Waals surface area contributed by atoms with E-state index in [-0.39, 0.29) is 12.5 Å². The predicted octanol–water partition coefficient (Wildman–Crippen LogP) is 4.86. The van der Waals surface area contributed by atoms with Crippen LogP contribution in [0.4, 0.5) is 0 Å². The Bertz CT molecular complexity index is 295. The summed E-state index contributed by atoms with van der Waals surface area (Å²) in [5.41, 5.74) is 0. The lowest BCUT2D eigenvalue weighted by molar-refractivity contribution is -0.137. The van der Waals surface area contributed by atoms with Crippen LogP contribution in [0.15, 0.2) is 24.3 Å². The van der Waals surface area contributed by atoms with E-state index in [1.807, 2.05) is 6.08 Å². The van der Waals surface area contributed by atoms with E-state index in [9.17, 15) is 9.90 Å². The van der Waals surface area contributed by atoms with Crippen molar-refractivity contribution in [3.63, 3.8) is 0 Å². The van der Waals surface area contributed by atoms with E-state index in [2.05, 4.69) is 25.2 Å². The summed E-state index contributed by atoms with van der Waals surface area (Å²) in [6.45, 7) is 2.13. The van der Waals surface area contributed by atoms with Crippen molar-refractivity contribution in [2.24, 2.45) is 0 Å². The quantitative estimate of drug-likeness (QED) is 0.355. The van der Waals surface area contributed by atoms with E-state index in [1.165, 1.54) is 0 Å². The molecule has 0 rings (SSSR count). The second kappa shape index (κ2) is 15.3. The maximum Gasteiger partial charge on any atom is 0.303 e. The van der Waals surface area contributed by atoms with Gasteiger partial charge in [0.2, 0.25) is 0 Å². The van der Waals surface area contributed by atoms with Crippen molar-refractivity contribution in [1.82, 2.24) is 0 Å². The zero-order valence-electron chi connectivity index (χ0n) is 13.5. The zero-order valence-corrected chi connectivity index (χ0v) is 13.5. The summed E-state index contributed by atoms with van der Waals surface area (Å²) >= 11 is 0. The first-order valence-corrected chi connectivity index (χ1v) is 8.38. The smallest absolute Gasteiger partial charge is 0.303 e. The lowest BCUT2D eigenvalue weighted by Crippen LogP contribution is -2.01. The molecule has 2 N–H and O–H groups in total. The van der Waals surface area contributed by atoms with Crippen molar-refractivity contribution >= 4 is 5.97 Å². The summed E-state index contributed by atoms with van der Waals surface area (Å²) in [6.07, 6.45) is 18.4. The van der Waals surface area contributed by atoms with Crippen LogP contribution in [0.3, 0.4) is 0 Å². The molecule has 0 unspecified atom stereocenters. The first kappa shape index (κ1) is 19.9. The lowest BCUT2D eigenvalue weighted by atomic mass is 10.1. The topological polar surface area (TPSA) is 57.5 Å². The molecule has 122 valence electrons. The number of carboxylic acid groups (broad SMARTS) is 1. The molecule has 0 saturated carbocycles. The summed E-state index contributed by atoms with van der Waals surface area (Å²) in [5, 5.41) is 18.3. The first-order chi connectivity index (χ1) is 10.2. The van der Waals surface area contributed by atoms with E-state index in [1.54, 1.807) is 0 Å². The average molecular weight is 296 g/mol. The van der Waals surface area contributed by atoms with Gasteiger partial charge in [-0.2, -0.15) is 0 Å². The molecule has 0 radical (unpaired) electrons. The SMILES string of the molecule is CC/C=C\CC/C=C/[C@H](O)CCCCCCCCC(=O)O. The van der Waals surface area contributed by atoms with Gasteiger partial charge in [-0.1, -0.05) is 63.3 Å². The lowest BCUT2D eigenvalue weighted by Gasteiger charge is -2.05. The summed E-state index contributed by atoms with van der Waals surface area (Å²) in [6, 6.07) is 0. The third-order valence-electron chi connectivity index (χ3n) is 3.40. The molecular formula is C18H32O3. The van der Waals surface area contributed by atoms with Gasteiger partial charge in [0.15, 0.2) is 0 Å². The van der Waals surface area contributed by atoms with Crippen LogP contribution in [0.5, 0.6) is 0 Å². The Morgan fingerprint density at radius 1 is 0.952 bits per heavy atom. The van der Waals surface area contributed by atoms with Crippen LogP contribution in [0.1, 0.15) is 77.6 Å². The Labute approximate surface area is 129 Å². The summed E-state index contributed by atoms with van der Waals surface area (Å²) in [5.74, 6) is -0.699.